The summed E-state index contributed by atoms with van der Waals surface area (Å²) in [5, 5.41) is 9.16. The van der Waals surface area contributed by atoms with Crippen molar-refractivity contribution in [1.82, 2.24) is 14.8 Å². The van der Waals surface area contributed by atoms with Gasteiger partial charge in [0.05, 0.1) is 17.6 Å². The van der Waals surface area contributed by atoms with E-state index in [9.17, 15) is 0 Å². The van der Waals surface area contributed by atoms with E-state index in [0.29, 0.717) is 6.04 Å². The molecule has 3 rings (SSSR count). The molecule has 1 aliphatic rings. The van der Waals surface area contributed by atoms with Crippen molar-refractivity contribution in [1.29, 1.82) is 0 Å². The third kappa shape index (κ3) is 1.96. The van der Waals surface area contributed by atoms with E-state index in [4.69, 9.17) is 0 Å². The Hall–Kier alpha value is -1.58. The Morgan fingerprint density at radius 3 is 3.00 bits per heavy atom. The molecule has 4 heteroatoms. The minimum Gasteiger partial charge on any atom is -0.384 e. The average Bonchev–Trinajstić information content (AvgIpc) is 3.04. The molecule has 1 aliphatic carbocycles. The van der Waals surface area contributed by atoms with Crippen LogP contribution in [0.25, 0.3) is 11.0 Å². The SMILES string of the molecule is CCCNc1ccnc2c1cnn2C1CCCC1. The molecule has 0 aliphatic heterocycles. The number of hydrogen-bond donors (Lipinski definition) is 1. The molecule has 1 N–H and O–H groups in total. The number of pyridine rings is 1. The fourth-order valence-corrected chi connectivity index (χ4v) is 2.78. The minimum atomic E-state index is 0.552. The van der Waals surface area contributed by atoms with E-state index in [1.54, 1.807) is 0 Å². The number of aromatic nitrogens is 3. The largest absolute Gasteiger partial charge is 0.384 e. The van der Waals surface area contributed by atoms with Gasteiger partial charge in [0.1, 0.15) is 0 Å². The van der Waals surface area contributed by atoms with Crippen molar-refractivity contribution in [2.45, 2.75) is 45.1 Å². The van der Waals surface area contributed by atoms with Crippen molar-refractivity contribution in [3.63, 3.8) is 0 Å². The van der Waals surface area contributed by atoms with Gasteiger partial charge in [-0.2, -0.15) is 5.10 Å². The number of nitrogens with zero attached hydrogens (tertiary/aromatic N) is 3. The van der Waals surface area contributed by atoms with Crippen molar-refractivity contribution < 1.29 is 0 Å². The predicted octanol–water partition coefficient (Wildman–Crippen LogP) is 3.37. The molecule has 0 amide bonds. The summed E-state index contributed by atoms with van der Waals surface area (Å²) in [6, 6.07) is 2.59. The zero-order valence-corrected chi connectivity index (χ0v) is 10.9. The highest BCUT2D eigenvalue weighted by Gasteiger charge is 2.20. The monoisotopic (exact) mass is 244 g/mol. The van der Waals surface area contributed by atoms with E-state index < -0.39 is 0 Å². The molecule has 0 saturated heterocycles. The van der Waals surface area contributed by atoms with Crippen molar-refractivity contribution >= 4 is 16.7 Å². The summed E-state index contributed by atoms with van der Waals surface area (Å²) in [4.78, 5) is 4.51. The van der Waals surface area contributed by atoms with E-state index in [2.05, 4.69) is 27.0 Å². The van der Waals surface area contributed by atoms with E-state index in [1.165, 1.54) is 25.7 Å². The molecule has 0 atom stereocenters. The molecule has 0 spiro atoms. The Bertz CT molecular complexity index is 526. The van der Waals surface area contributed by atoms with Gasteiger partial charge in [-0.05, 0) is 25.3 Å². The fraction of sp³-hybridized carbons (Fsp3) is 0.571. The van der Waals surface area contributed by atoms with Gasteiger partial charge in [-0.1, -0.05) is 19.8 Å². The van der Waals surface area contributed by atoms with Gasteiger partial charge in [0.2, 0.25) is 0 Å². The second-order valence-corrected chi connectivity index (χ2v) is 5.05. The lowest BCUT2D eigenvalue weighted by Gasteiger charge is -2.11. The second kappa shape index (κ2) is 4.96. The van der Waals surface area contributed by atoms with Crippen LogP contribution in [0.15, 0.2) is 18.5 Å². The van der Waals surface area contributed by atoms with Gasteiger partial charge < -0.3 is 5.32 Å². The number of hydrogen-bond acceptors (Lipinski definition) is 3. The van der Waals surface area contributed by atoms with E-state index in [-0.39, 0.29) is 0 Å². The summed E-state index contributed by atoms with van der Waals surface area (Å²) in [7, 11) is 0. The third-order valence-electron chi connectivity index (χ3n) is 3.73. The molecule has 0 aromatic carbocycles. The van der Waals surface area contributed by atoms with Crippen LogP contribution in [0.4, 0.5) is 5.69 Å². The van der Waals surface area contributed by atoms with Crippen LogP contribution >= 0.6 is 0 Å². The van der Waals surface area contributed by atoms with E-state index >= 15 is 0 Å². The van der Waals surface area contributed by atoms with Gasteiger partial charge in [0, 0.05) is 18.4 Å². The van der Waals surface area contributed by atoms with Crippen LogP contribution in [0, 0.1) is 0 Å². The summed E-state index contributed by atoms with van der Waals surface area (Å²) in [5.74, 6) is 0. The lowest BCUT2D eigenvalue weighted by Crippen LogP contribution is -2.07. The highest BCUT2D eigenvalue weighted by Crippen LogP contribution is 2.32. The molecule has 2 aromatic rings. The maximum absolute atomic E-state index is 4.56. The summed E-state index contributed by atoms with van der Waals surface area (Å²) in [6.45, 7) is 3.17. The quantitative estimate of drug-likeness (QED) is 0.896. The molecule has 4 nitrogen and oxygen atoms in total. The molecule has 2 heterocycles. The first-order valence-electron chi connectivity index (χ1n) is 6.96. The maximum atomic E-state index is 4.56. The number of anilines is 1. The van der Waals surface area contributed by atoms with Crippen molar-refractivity contribution in [3.8, 4) is 0 Å². The first kappa shape index (κ1) is 11.5. The Morgan fingerprint density at radius 1 is 1.39 bits per heavy atom. The molecule has 1 fully saturated rings. The van der Waals surface area contributed by atoms with E-state index in [1.807, 2.05) is 18.5 Å². The van der Waals surface area contributed by atoms with Gasteiger partial charge in [-0.25, -0.2) is 9.67 Å². The fourth-order valence-electron chi connectivity index (χ4n) is 2.78. The molecule has 0 unspecified atom stereocenters. The molecule has 0 bridgehead atoms. The average molecular weight is 244 g/mol. The molecule has 0 radical (unpaired) electrons. The number of fused-ring (bicyclic) bond motifs is 1. The molecule has 18 heavy (non-hydrogen) atoms. The molecule has 2 aromatic heterocycles. The van der Waals surface area contributed by atoms with Crippen LogP contribution in [0.2, 0.25) is 0 Å². The number of nitrogens with one attached hydrogen (secondary N) is 1. The Kier molecular flexibility index (Phi) is 3.17. The summed E-state index contributed by atoms with van der Waals surface area (Å²) in [6.07, 6.45) is 10.1. The molecule has 96 valence electrons. The van der Waals surface area contributed by atoms with Crippen LogP contribution in [0.1, 0.15) is 45.1 Å². The Balaban J connectivity index is 1.97. The van der Waals surface area contributed by atoms with Crippen LogP contribution in [0.5, 0.6) is 0 Å². The van der Waals surface area contributed by atoms with Crippen LogP contribution in [-0.2, 0) is 0 Å². The van der Waals surface area contributed by atoms with Crippen molar-refractivity contribution in [2.75, 3.05) is 11.9 Å². The zero-order chi connectivity index (χ0) is 12.4. The van der Waals surface area contributed by atoms with Crippen LogP contribution in [0.3, 0.4) is 0 Å². The van der Waals surface area contributed by atoms with Gasteiger partial charge in [-0.3, -0.25) is 0 Å². The predicted molar refractivity (Wildman–Crippen MR) is 73.8 cm³/mol. The minimum absolute atomic E-state index is 0.552. The standard InChI is InChI=1S/C14H20N4/c1-2-8-15-13-7-9-16-14-12(13)10-17-18(14)11-5-3-4-6-11/h7,9-11H,2-6,8H2,1H3,(H,15,16). The topological polar surface area (TPSA) is 42.7 Å². The van der Waals surface area contributed by atoms with Crippen LogP contribution < -0.4 is 5.32 Å². The lowest BCUT2D eigenvalue weighted by molar-refractivity contribution is 0.478. The highest BCUT2D eigenvalue weighted by molar-refractivity contribution is 5.88. The van der Waals surface area contributed by atoms with Crippen molar-refractivity contribution in [2.24, 2.45) is 0 Å². The lowest BCUT2D eigenvalue weighted by atomic mass is 10.2. The van der Waals surface area contributed by atoms with Gasteiger partial charge in [-0.15, -0.1) is 0 Å². The molecular weight excluding hydrogens is 224 g/mol. The maximum Gasteiger partial charge on any atom is 0.160 e. The third-order valence-corrected chi connectivity index (χ3v) is 3.73. The highest BCUT2D eigenvalue weighted by atomic mass is 15.3. The Morgan fingerprint density at radius 2 is 2.22 bits per heavy atom. The first-order chi connectivity index (χ1) is 8.90. The normalized spacial score (nSPS) is 16.5. The van der Waals surface area contributed by atoms with Gasteiger partial charge in [0.25, 0.3) is 0 Å². The summed E-state index contributed by atoms with van der Waals surface area (Å²) < 4.78 is 2.12. The smallest absolute Gasteiger partial charge is 0.160 e. The van der Waals surface area contributed by atoms with Crippen LogP contribution in [-0.4, -0.2) is 21.3 Å². The zero-order valence-electron chi connectivity index (χ0n) is 10.9. The molecular formula is C14H20N4. The summed E-state index contributed by atoms with van der Waals surface area (Å²) >= 11 is 0. The summed E-state index contributed by atoms with van der Waals surface area (Å²) in [5.41, 5.74) is 2.19. The number of rotatable bonds is 4. The molecule has 1 saturated carbocycles. The van der Waals surface area contributed by atoms with E-state index in [0.717, 1.165) is 29.7 Å². The van der Waals surface area contributed by atoms with Gasteiger partial charge in [0.15, 0.2) is 5.65 Å². The Labute approximate surface area is 107 Å². The van der Waals surface area contributed by atoms with Gasteiger partial charge >= 0.3 is 0 Å². The second-order valence-electron chi connectivity index (χ2n) is 5.05. The van der Waals surface area contributed by atoms with Crippen molar-refractivity contribution in [3.05, 3.63) is 18.5 Å². The first-order valence-corrected chi connectivity index (χ1v) is 6.96.